The van der Waals surface area contributed by atoms with Crippen molar-refractivity contribution < 1.29 is 17.6 Å². The average Bonchev–Trinajstić information content (AvgIpc) is 3.01. The molecule has 2 aliphatic rings. The van der Waals surface area contributed by atoms with Crippen LogP contribution in [0, 0.1) is 5.82 Å². The molecule has 0 spiro atoms. The molecule has 7 nitrogen and oxygen atoms in total. The number of hydrogen-bond donors (Lipinski definition) is 1. The van der Waals surface area contributed by atoms with E-state index in [1.165, 1.54) is 12.1 Å². The molecule has 2 amide bonds. The first-order valence-corrected chi connectivity index (χ1v) is 11.9. The lowest BCUT2D eigenvalue weighted by molar-refractivity contribution is 0.120. The van der Waals surface area contributed by atoms with Gasteiger partial charge in [0, 0.05) is 43.4 Å². The third-order valence-electron chi connectivity index (χ3n) is 5.63. The zero-order valence-electron chi connectivity index (χ0n) is 16.8. The number of pyridine rings is 1. The van der Waals surface area contributed by atoms with Crippen LogP contribution >= 0.6 is 0 Å². The number of sulfonamides is 1. The molecule has 2 aromatic rings. The van der Waals surface area contributed by atoms with Gasteiger partial charge in [0.05, 0.1) is 18.0 Å². The lowest BCUT2D eigenvalue weighted by atomic mass is 10.0. The minimum Gasteiger partial charge on any atom is -0.325 e. The predicted octanol–water partition coefficient (Wildman–Crippen LogP) is 2.25. The molecule has 4 rings (SSSR count). The second kappa shape index (κ2) is 8.31. The van der Waals surface area contributed by atoms with Gasteiger partial charge in [0.15, 0.2) is 0 Å². The van der Waals surface area contributed by atoms with Gasteiger partial charge in [0.2, 0.25) is 10.0 Å². The highest BCUT2D eigenvalue weighted by molar-refractivity contribution is 7.88. The summed E-state index contributed by atoms with van der Waals surface area (Å²) in [4.78, 5) is 21.1. The van der Waals surface area contributed by atoms with Gasteiger partial charge in [-0.3, -0.25) is 4.98 Å². The highest BCUT2D eigenvalue weighted by atomic mass is 32.2. The zero-order valence-corrected chi connectivity index (χ0v) is 17.6. The smallest absolute Gasteiger partial charge is 0.320 e. The van der Waals surface area contributed by atoms with Crippen molar-refractivity contribution in [3.05, 3.63) is 54.0 Å². The van der Waals surface area contributed by atoms with Crippen molar-refractivity contribution >= 4 is 16.1 Å². The van der Waals surface area contributed by atoms with Gasteiger partial charge >= 0.3 is 6.03 Å². The van der Waals surface area contributed by atoms with Gasteiger partial charge in [-0.1, -0.05) is 18.2 Å². The maximum atomic E-state index is 13.6. The van der Waals surface area contributed by atoms with Crippen LogP contribution in [-0.4, -0.2) is 67.2 Å². The number of nitrogens with zero attached hydrogens (tertiary/aromatic N) is 3. The van der Waals surface area contributed by atoms with Crippen molar-refractivity contribution in [3.8, 4) is 11.3 Å². The average molecular weight is 433 g/mol. The molecule has 9 heteroatoms. The normalized spacial score (nSPS) is 21.5. The molecule has 0 aliphatic carbocycles. The van der Waals surface area contributed by atoms with E-state index >= 15 is 0 Å². The van der Waals surface area contributed by atoms with E-state index in [4.69, 9.17) is 0 Å². The summed E-state index contributed by atoms with van der Waals surface area (Å²) in [5.74, 6) is -0.334. The molecule has 2 fully saturated rings. The summed E-state index contributed by atoms with van der Waals surface area (Å²) in [6.07, 6.45) is 3.09. The molecule has 0 radical (unpaired) electrons. The van der Waals surface area contributed by atoms with Gasteiger partial charge < -0.3 is 9.80 Å². The summed E-state index contributed by atoms with van der Waals surface area (Å²) < 4.78 is 40.0. The largest absolute Gasteiger partial charge is 0.325 e. The quantitative estimate of drug-likeness (QED) is 0.786. The predicted molar refractivity (Wildman–Crippen MR) is 112 cm³/mol. The first-order valence-electron chi connectivity index (χ1n) is 10.0. The van der Waals surface area contributed by atoms with Gasteiger partial charge in [-0.15, -0.1) is 0 Å². The van der Waals surface area contributed by atoms with Crippen LogP contribution in [0.2, 0.25) is 0 Å². The molecular formula is C21H25FN4O3S. The third-order valence-corrected chi connectivity index (χ3v) is 6.36. The zero-order chi connectivity index (χ0) is 21.3. The number of hydrogen-bond acceptors (Lipinski definition) is 4. The third kappa shape index (κ3) is 4.62. The second-order valence-corrected chi connectivity index (χ2v) is 9.68. The van der Waals surface area contributed by atoms with Crippen molar-refractivity contribution in [2.45, 2.75) is 31.3 Å². The van der Waals surface area contributed by atoms with Gasteiger partial charge in [0.1, 0.15) is 5.82 Å². The summed E-state index contributed by atoms with van der Waals surface area (Å²) in [5.41, 5.74) is 2.03. The van der Waals surface area contributed by atoms with Crippen LogP contribution in [-0.2, 0) is 16.4 Å². The molecule has 0 unspecified atom stereocenters. The number of benzene rings is 1. The number of carbonyl (C=O) groups excluding carboxylic acids is 1. The molecule has 3 heterocycles. The SMILES string of the molecule is CS(=O)(=O)N[C@@H]1CCN(C(=O)N2CCC2)[C@@H]1Cc1cccc(-c2cccc(F)c2)n1. The number of aromatic nitrogens is 1. The Morgan fingerprint density at radius 3 is 2.63 bits per heavy atom. The standard InChI is InChI=1S/C21H25FN4O3S/c1-30(28,29)24-19-9-12-26(21(27)25-10-4-11-25)20(19)14-17-7-3-8-18(23-17)15-5-2-6-16(22)13-15/h2-3,5-8,13,19-20,24H,4,9-12,14H2,1H3/t19-,20-/m1/s1. The highest BCUT2D eigenvalue weighted by Gasteiger charge is 2.41. The molecular weight excluding hydrogens is 407 g/mol. The maximum Gasteiger partial charge on any atom is 0.320 e. The molecule has 2 atom stereocenters. The first-order chi connectivity index (χ1) is 14.3. The van der Waals surface area contributed by atoms with Crippen molar-refractivity contribution in [2.24, 2.45) is 0 Å². The number of rotatable bonds is 5. The van der Waals surface area contributed by atoms with E-state index in [1.54, 1.807) is 21.9 Å². The minimum absolute atomic E-state index is 0.0506. The Kier molecular flexibility index (Phi) is 5.75. The molecule has 1 aromatic carbocycles. The Labute approximate surface area is 176 Å². The van der Waals surface area contributed by atoms with E-state index in [2.05, 4.69) is 9.71 Å². The molecule has 0 saturated carbocycles. The van der Waals surface area contributed by atoms with E-state index in [1.807, 2.05) is 18.2 Å². The first kappa shape index (κ1) is 20.7. The van der Waals surface area contributed by atoms with Crippen LogP contribution in [0.4, 0.5) is 9.18 Å². The fraction of sp³-hybridized carbons (Fsp3) is 0.429. The molecule has 0 bridgehead atoms. The van der Waals surface area contributed by atoms with E-state index in [-0.39, 0.29) is 23.9 Å². The van der Waals surface area contributed by atoms with Gasteiger partial charge in [0.25, 0.3) is 0 Å². The van der Waals surface area contributed by atoms with Crippen molar-refractivity contribution in [1.29, 1.82) is 0 Å². The Morgan fingerprint density at radius 1 is 1.20 bits per heavy atom. The fourth-order valence-electron chi connectivity index (χ4n) is 4.06. The van der Waals surface area contributed by atoms with Crippen molar-refractivity contribution in [1.82, 2.24) is 19.5 Å². The van der Waals surface area contributed by atoms with Gasteiger partial charge in [-0.2, -0.15) is 0 Å². The second-order valence-electron chi connectivity index (χ2n) is 7.90. The molecule has 2 saturated heterocycles. The lowest BCUT2D eigenvalue weighted by Gasteiger charge is -2.37. The minimum atomic E-state index is -3.41. The Hall–Kier alpha value is -2.52. The van der Waals surface area contributed by atoms with Gasteiger partial charge in [-0.05, 0) is 37.1 Å². The number of nitrogens with one attached hydrogen (secondary N) is 1. The Balaban J connectivity index is 1.59. The number of halogens is 1. The topological polar surface area (TPSA) is 82.6 Å². The summed E-state index contributed by atoms with van der Waals surface area (Å²) in [7, 11) is -3.41. The summed E-state index contributed by atoms with van der Waals surface area (Å²) in [5, 5.41) is 0. The van der Waals surface area contributed by atoms with Crippen LogP contribution in [0.15, 0.2) is 42.5 Å². The lowest BCUT2D eigenvalue weighted by Crippen LogP contribution is -2.54. The molecule has 1 aromatic heterocycles. The van der Waals surface area contributed by atoms with Crippen LogP contribution in [0.3, 0.4) is 0 Å². The maximum absolute atomic E-state index is 13.6. The van der Waals surface area contributed by atoms with E-state index in [9.17, 15) is 17.6 Å². The van der Waals surface area contributed by atoms with Crippen LogP contribution in [0.5, 0.6) is 0 Å². The summed E-state index contributed by atoms with van der Waals surface area (Å²) >= 11 is 0. The van der Waals surface area contributed by atoms with Crippen molar-refractivity contribution in [3.63, 3.8) is 0 Å². The number of urea groups is 1. The van der Waals surface area contributed by atoms with Gasteiger partial charge in [-0.25, -0.2) is 22.3 Å². The molecule has 160 valence electrons. The van der Waals surface area contributed by atoms with Crippen molar-refractivity contribution in [2.75, 3.05) is 25.9 Å². The Morgan fingerprint density at radius 2 is 1.97 bits per heavy atom. The Bertz CT molecular complexity index is 1040. The summed E-state index contributed by atoms with van der Waals surface area (Å²) in [6.45, 7) is 1.97. The van der Waals surface area contributed by atoms with E-state index < -0.39 is 10.0 Å². The highest BCUT2D eigenvalue weighted by Crippen LogP contribution is 2.26. The van der Waals surface area contributed by atoms with E-state index in [0.717, 1.165) is 31.5 Å². The van der Waals surface area contributed by atoms with Crippen LogP contribution in [0.25, 0.3) is 11.3 Å². The molecule has 1 N–H and O–H groups in total. The molecule has 30 heavy (non-hydrogen) atoms. The fourth-order valence-corrected chi connectivity index (χ4v) is 4.89. The van der Waals surface area contributed by atoms with Crippen LogP contribution < -0.4 is 4.72 Å². The van der Waals surface area contributed by atoms with Crippen LogP contribution in [0.1, 0.15) is 18.5 Å². The summed E-state index contributed by atoms with van der Waals surface area (Å²) in [6, 6.07) is 11.0. The molecule has 2 aliphatic heterocycles. The monoisotopic (exact) mass is 432 g/mol. The number of likely N-dealkylation sites (tertiary alicyclic amines) is 2. The van der Waals surface area contributed by atoms with E-state index in [0.29, 0.717) is 30.6 Å². The number of carbonyl (C=O) groups is 1. The number of amides is 2.